The molecule has 3 heteroatoms. The molecule has 0 unspecified atom stereocenters. The number of hydrogen-bond donors (Lipinski definition) is 1. The van der Waals surface area contributed by atoms with Gasteiger partial charge in [0.25, 0.3) is 0 Å². The summed E-state index contributed by atoms with van der Waals surface area (Å²) in [6.45, 7) is 6.22. The van der Waals surface area contributed by atoms with Gasteiger partial charge in [0, 0.05) is 8.80 Å². The molecular weight excluding hydrogens is 178 g/mol. The average Bonchev–Trinajstić information content (AvgIpc) is 2.19. The third-order valence-corrected chi connectivity index (χ3v) is 5.36. The molecule has 1 fully saturated rings. The van der Waals surface area contributed by atoms with Crippen molar-refractivity contribution >= 4 is 14.5 Å². The minimum atomic E-state index is -0.0945. The first-order chi connectivity index (χ1) is 6.20. The molecule has 1 rings (SSSR count). The second-order valence-corrected chi connectivity index (χ2v) is 7.30. The van der Waals surface area contributed by atoms with Gasteiger partial charge in [0.1, 0.15) is 0 Å². The monoisotopic (exact) mass is 201 g/mol. The van der Waals surface area contributed by atoms with Gasteiger partial charge in [-0.05, 0) is 13.3 Å². The van der Waals surface area contributed by atoms with Crippen LogP contribution in [-0.4, -0.2) is 19.7 Å². The van der Waals surface area contributed by atoms with Crippen molar-refractivity contribution in [3.05, 3.63) is 0 Å². The summed E-state index contributed by atoms with van der Waals surface area (Å²) in [7, 11) is -0.0945. The van der Waals surface area contributed by atoms with Gasteiger partial charge in [-0.1, -0.05) is 50.0 Å². The summed E-state index contributed by atoms with van der Waals surface area (Å²) in [6.07, 6.45) is 5.45. The van der Waals surface area contributed by atoms with Gasteiger partial charge in [-0.3, -0.25) is 0 Å². The summed E-state index contributed by atoms with van der Waals surface area (Å²) in [6, 6.07) is 3.25. The van der Waals surface area contributed by atoms with Crippen LogP contribution in [0.2, 0.25) is 18.6 Å². The molecule has 0 bridgehead atoms. The van der Waals surface area contributed by atoms with Crippen molar-refractivity contribution in [2.24, 2.45) is 5.16 Å². The van der Waals surface area contributed by atoms with Crippen LogP contribution in [0.1, 0.15) is 39.5 Å². The van der Waals surface area contributed by atoms with Crippen LogP contribution in [0.15, 0.2) is 5.16 Å². The Balaban J connectivity index is 0.000000226. The highest BCUT2D eigenvalue weighted by Gasteiger charge is 2.07. The highest BCUT2D eigenvalue weighted by Crippen LogP contribution is 2.17. The summed E-state index contributed by atoms with van der Waals surface area (Å²) < 4.78 is 0. The second-order valence-electron chi connectivity index (χ2n) is 3.93. The number of oxime groups is 1. The maximum absolute atomic E-state index is 7.92. The van der Waals surface area contributed by atoms with E-state index >= 15 is 0 Å². The van der Waals surface area contributed by atoms with Crippen molar-refractivity contribution in [1.29, 1.82) is 0 Å². The van der Waals surface area contributed by atoms with Crippen molar-refractivity contribution in [1.82, 2.24) is 0 Å². The first-order valence-electron chi connectivity index (χ1n) is 5.38. The van der Waals surface area contributed by atoms with Gasteiger partial charge in [0.2, 0.25) is 0 Å². The van der Waals surface area contributed by atoms with Crippen molar-refractivity contribution < 1.29 is 5.21 Å². The maximum Gasteiger partial charge on any atom is 0.0537 e. The SMILES string of the molecule is CCC(C)=NO.C[SiH]1CCCCC1. The van der Waals surface area contributed by atoms with E-state index in [1.54, 1.807) is 31.9 Å². The standard InChI is InChI=1S/C6H14Si.C4H9NO/c1-7-5-3-2-4-6-7;1-3-4(2)5-6/h7H,2-6H2,1H3;6H,3H2,1-2H3. The second kappa shape index (κ2) is 8.29. The fourth-order valence-corrected chi connectivity index (χ4v) is 3.64. The van der Waals surface area contributed by atoms with Crippen LogP contribution in [0.25, 0.3) is 0 Å². The third kappa shape index (κ3) is 8.03. The fourth-order valence-electron chi connectivity index (χ4n) is 1.38. The first kappa shape index (κ1) is 12.7. The molecular formula is C10H23NOSi. The number of rotatable bonds is 1. The largest absolute Gasteiger partial charge is 0.411 e. The maximum atomic E-state index is 7.92. The summed E-state index contributed by atoms with van der Waals surface area (Å²) in [4.78, 5) is 0. The van der Waals surface area contributed by atoms with E-state index in [9.17, 15) is 0 Å². The Morgan fingerprint density at radius 3 is 2.00 bits per heavy atom. The fraction of sp³-hybridized carbons (Fsp3) is 0.900. The van der Waals surface area contributed by atoms with Gasteiger partial charge < -0.3 is 5.21 Å². The van der Waals surface area contributed by atoms with Crippen LogP contribution in [0.3, 0.4) is 0 Å². The molecule has 0 amide bonds. The average molecular weight is 201 g/mol. The molecule has 1 saturated heterocycles. The molecule has 2 nitrogen and oxygen atoms in total. The normalized spacial score (nSPS) is 19.2. The smallest absolute Gasteiger partial charge is 0.0537 e. The summed E-state index contributed by atoms with van der Waals surface area (Å²) in [5.74, 6) is 0. The van der Waals surface area contributed by atoms with Crippen LogP contribution in [0, 0.1) is 0 Å². The van der Waals surface area contributed by atoms with E-state index in [1.807, 2.05) is 6.92 Å². The molecule has 0 atom stereocenters. The third-order valence-electron chi connectivity index (χ3n) is 2.58. The molecule has 0 saturated carbocycles. The Kier molecular flexibility index (Phi) is 8.09. The highest BCUT2D eigenvalue weighted by atomic mass is 28.3. The van der Waals surface area contributed by atoms with Gasteiger partial charge in [-0.2, -0.15) is 0 Å². The molecule has 0 aliphatic carbocycles. The first-order valence-corrected chi connectivity index (χ1v) is 8.17. The molecule has 1 aliphatic rings. The van der Waals surface area contributed by atoms with Gasteiger partial charge >= 0.3 is 0 Å². The quantitative estimate of drug-likeness (QED) is 0.300. The molecule has 0 aromatic rings. The lowest BCUT2D eigenvalue weighted by molar-refractivity contribution is 0.317. The van der Waals surface area contributed by atoms with Crippen molar-refractivity contribution in [3.8, 4) is 0 Å². The highest BCUT2D eigenvalue weighted by molar-refractivity contribution is 6.57. The Morgan fingerprint density at radius 1 is 1.31 bits per heavy atom. The predicted molar refractivity (Wildman–Crippen MR) is 61.7 cm³/mol. The molecule has 0 aromatic carbocycles. The van der Waals surface area contributed by atoms with Crippen LogP contribution in [0.5, 0.6) is 0 Å². The Labute approximate surface area is 83.6 Å². The lowest BCUT2D eigenvalue weighted by Gasteiger charge is -2.14. The van der Waals surface area contributed by atoms with Gasteiger partial charge in [0.15, 0.2) is 0 Å². The topological polar surface area (TPSA) is 32.6 Å². The Morgan fingerprint density at radius 2 is 1.85 bits per heavy atom. The summed E-state index contributed by atoms with van der Waals surface area (Å²) in [5, 5.41) is 10.8. The molecule has 1 aliphatic heterocycles. The van der Waals surface area contributed by atoms with Crippen LogP contribution in [-0.2, 0) is 0 Å². The van der Waals surface area contributed by atoms with Crippen LogP contribution in [0.4, 0.5) is 0 Å². The molecule has 0 aromatic heterocycles. The molecule has 78 valence electrons. The lowest BCUT2D eigenvalue weighted by atomic mass is 10.3. The zero-order chi connectivity index (χ0) is 10.1. The zero-order valence-corrected chi connectivity index (χ0v) is 10.4. The zero-order valence-electron chi connectivity index (χ0n) is 9.21. The van der Waals surface area contributed by atoms with E-state index in [0.717, 1.165) is 12.1 Å². The van der Waals surface area contributed by atoms with Crippen molar-refractivity contribution in [3.63, 3.8) is 0 Å². The van der Waals surface area contributed by atoms with Gasteiger partial charge in [-0.15, -0.1) is 0 Å². The molecule has 13 heavy (non-hydrogen) atoms. The van der Waals surface area contributed by atoms with E-state index in [4.69, 9.17) is 5.21 Å². The predicted octanol–water partition coefficient (Wildman–Crippen LogP) is 3.27. The molecule has 1 heterocycles. The Bertz CT molecular complexity index is 142. The Hall–Kier alpha value is -0.313. The number of hydrogen-bond acceptors (Lipinski definition) is 2. The number of nitrogens with zero attached hydrogens (tertiary/aromatic N) is 1. The minimum absolute atomic E-state index is 0.0945. The van der Waals surface area contributed by atoms with Gasteiger partial charge in [0.05, 0.1) is 5.71 Å². The molecule has 0 radical (unpaired) electrons. The summed E-state index contributed by atoms with van der Waals surface area (Å²) >= 11 is 0. The van der Waals surface area contributed by atoms with E-state index in [0.29, 0.717) is 0 Å². The van der Waals surface area contributed by atoms with E-state index < -0.39 is 0 Å². The lowest BCUT2D eigenvalue weighted by Crippen LogP contribution is -2.09. The molecule has 0 spiro atoms. The van der Waals surface area contributed by atoms with E-state index in [2.05, 4.69) is 11.7 Å². The van der Waals surface area contributed by atoms with Gasteiger partial charge in [-0.25, -0.2) is 0 Å². The van der Waals surface area contributed by atoms with Crippen LogP contribution < -0.4 is 0 Å². The van der Waals surface area contributed by atoms with E-state index in [1.165, 1.54) is 6.42 Å². The van der Waals surface area contributed by atoms with Crippen LogP contribution >= 0.6 is 0 Å². The van der Waals surface area contributed by atoms with Crippen molar-refractivity contribution in [2.45, 2.75) is 58.2 Å². The van der Waals surface area contributed by atoms with E-state index in [-0.39, 0.29) is 8.80 Å². The molecule has 1 N–H and O–H groups in total. The van der Waals surface area contributed by atoms with Crippen molar-refractivity contribution in [2.75, 3.05) is 0 Å². The minimum Gasteiger partial charge on any atom is -0.411 e. The summed E-state index contributed by atoms with van der Waals surface area (Å²) in [5.41, 5.74) is 0.773.